The Kier molecular flexibility index (Phi) is 5.83. The van der Waals surface area contributed by atoms with E-state index in [0.717, 1.165) is 11.0 Å². The molecule has 6 heteroatoms. The minimum atomic E-state index is -0.820. The molecule has 0 heterocycles. The van der Waals surface area contributed by atoms with Crippen LogP contribution in [0.15, 0.2) is 47.4 Å². The molecular weight excluding hydrogens is 325 g/mol. The Morgan fingerprint density at radius 1 is 1.32 bits per heavy atom. The lowest BCUT2D eigenvalue weighted by Crippen LogP contribution is -2.28. The van der Waals surface area contributed by atoms with Gasteiger partial charge >= 0.3 is 0 Å². The summed E-state index contributed by atoms with van der Waals surface area (Å²) < 4.78 is 13.0. The Morgan fingerprint density at radius 3 is 2.59 bits per heavy atom. The second-order valence-electron chi connectivity index (χ2n) is 4.62. The van der Waals surface area contributed by atoms with Gasteiger partial charge in [0.1, 0.15) is 5.82 Å². The molecule has 0 spiro atoms. The van der Waals surface area contributed by atoms with Crippen LogP contribution in [0.2, 0.25) is 5.02 Å². The van der Waals surface area contributed by atoms with Gasteiger partial charge in [-0.25, -0.2) is 4.39 Å². The van der Waals surface area contributed by atoms with Gasteiger partial charge in [-0.1, -0.05) is 23.7 Å². The lowest BCUT2D eigenvalue weighted by Gasteiger charge is -2.13. The molecule has 0 bridgehead atoms. The van der Waals surface area contributed by atoms with E-state index < -0.39 is 17.8 Å². The number of rotatable bonds is 5. The van der Waals surface area contributed by atoms with Crippen molar-refractivity contribution >= 4 is 29.3 Å². The number of aliphatic hydroxyl groups is 1. The molecule has 0 saturated carbocycles. The fourth-order valence-corrected chi connectivity index (χ4v) is 2.56. The first-order valence-electron chi connectivity index (χ1n) is 6.56. The molecule has 2 aromatic carbocycles. The molecule has 2 rings (SSSR count). The maximum absolute atomic E-state index is 13.0. The molecule has 1 atom stereocenters. The number of amides is 1. The van der Waals surface area contributed by atoms with Gasteiger partial charge in [0.15, 0.2) is 0 Å². The standard InChI is InChI=1S/C16H15ClFNO2S/c1-22-12-5-2-10(3-6-12)15(20)9-19-16(21)13-7-4-11(18)8-14(13)17/h2-8,15,20H,9H2,1H3,(H,19,21)/t15-/m1/s1. The molecule has 1 amide bonds. The number of carbonyl (C=O) groups is 1. The van der Waals surface area contributed by atoms with E-state index >= 15 is 0 Å². The van der Waals surface area contributed by atoms with Gasteiger partial charge in [0.05, 0.1) is 16.7 Å². The first-order valence-corrected chi connectivity index (χ1v) is 8.17. The van der Waals surface area contributed by atoms with E-state index in [-0.39, 0.29) is 17.1 Å². The molecule has 0 saturated heterocycles. The zero-order valence-corrected chi connectivity index (χ0v) is 13.4. The number of carbonyl (C=O) groups excluding carboxylic acids is 1. The van der Waals surface area contributed by atoms with Crippen molar-refractivity contribution in [2.75, 3.05) is 12.8 Å². The van der Waals surface area contributed by atoms with E-state index in [1.54, 1.807) is 11.8 Å². The second kappa shape index (κ2) is 7.63. The van der Waals surface area contributed by atoms with E-state index in [1.165, 1.54) is 12.1 Å². The van der Waals surface area contributed by atoms with E-state index in [2.05, 4.69) is 5.32 Å². The van der Waals surface area contributed by atoms with Crippen LogP contribution in [0.4, 0.5) is 4.39 Å². The van der Waals surface area contributed by atoms with Crippen LogP contribution in [-0.4, -0.2) is 23.8 Å². The summed E-state index contributed by atoms with van der Waals surface area (Å²) in [5.74, 6) is -0.958. The predicted molar refractivity (Wildman–Crippen MR) is 86.9 cm³/mol. The highest BCUT2D eigenvalue weighted by Gasteiger charge is 2.13. The average Bonchev–Trinajstić information content (AvgIpc) is 2.52. The topological polar surface area (TPSA) is 49.3 Å². The number of benzene rings is 2. The third kappa shape index (κ3) is 4.22. The summed E-state index contributed by atoms with van der Waals surface area (Å²) in [6.45, 7) is 0.0468. The predicted octanol–water partition coefficient (Wildman–Crippen LogP) is 3.66. The number of nitrogens with one attached hydrogen (secondary N) is 1. The third-order valence-corrected chi connectivity index (χ3v) is 4.19. The van der Waals surface area contributed by atoms with Crippen LogP contribution in [0.1, 0.15) is 22.0 Å². The first kappa shape index (κ1) is 16.8. The molecular formula is C16H15ClFNO2S. The van der Waals surface area contributed by atoms with Gasteiger partial charge in [-0.3, -0.25) is 4.79 Å². The van der Waals surface area contributed by atoms with E-state index in [9.17, 15) is 14.3 Å². The van der Waals surface area contributed by atoms with Gasteiger partial charge in [0.25, 0.3) is 5.91 Å². The van der Waals surface area contributed by atoms with Gasteiger partial charge < -0.3 is 10.4 Å². The Hall–Kier alpha value is -1.56. The molecule has 2 aromatic rings. The van der Waals surface area contributed by atoms with Crippen LogP contribution in [0.5, 0.6) is 0 Å². The van der Waals surface area contributed by atoms with Gasteiger partial charge in [-0.05, 0) is 42.2 Å². The third-order valence-electron chi connectivity index (χ3n) is 3.13. The van der Waals surface area contributed by atoms with Crippen molar-refractivity contribution in [3.05, 3.63) is 64.4 Å². The first-order chi connectivity index (χ1) is 10.5. The Morgan fingerprint density at radius 2 is 2.00 bits per heavy atom. The number of hydrogen-bond acceptors (Lipinski definition) is 3. The zero-order chi connectivity index (χ0) is 16.1. The molecule has 116 valence electrons. The highest BCUT2D eigenvalue weighted by Crippen LogP contribution is 2.20. The minimum absolute atomic E-state index is 0.0383. The molecule has 0 fully saturated rings. The molecule has 0 aliphatic heterocycles. The molecule has 0 aromatic heterocycles. The quantitative estimate of drug-likeness (QED) is 0.817. The Bertz CT molecular complexity index is 664. The second-order valence-corrected chi connectivity index (χ2v) is 5.91. The maximum atomic E-state index is 13.0. The summed E-state index contributed by atoms with van der Waals surface area (Å²) in [6.07, 6.45) is 1.15. The molecule has 3 nitrogen and oxygen atoms in total. The van der Waals surface area contributed by atoms with Crippen molar-refractivity contribution in [2.24, 2.45) is 0 Å². The molecule has 2 N–H and O–H groups in total. The van der Waals surface area contributed by atoms with Gasteiger partial charge in [0.2, 0.25) is 0 Å². The fourth-order valence-electron chi connectivity index (χ4n) is 1.90. The van der Waals surface area contributed by atoms with Crippen molar-refractivity contribution < 1.29 is 14.3 Å². The molecule has 0 unspecified atom stereocenters. The zero-order valence-electron chi connectivity index (χ0n) is 11.8. The van der Waals surface area contributed by atoms with Crippen molar-refractivity contribution in [2.45, 2.75) is 11.0 Å². The van der Waals surface area contributed by atoms with Gasteiger partial charge in [-0.15, -0.1) is 11.8 Å². The molecule has 0 radical (unpaired) electrons. The molecule has 22 heavy (non-hydrogen) atoms. The number of halogens is 2. The van der Waals surface area contributed by atoms with Crippen LogP contribution in [0.3, 0.4) is 0 Å². The Labute approximate surface area is 137 Å². The number of hydrogen-bond donors (Lipinski definition) is 2. The lowest BCUT2D eigenvalue weighted by atomic mass is 10.1. The smallest absolute Gasteiger partial charge is 0.252 e. The highest BCUT2D eigenvalue weighted by atomic mass is 35.5. The summed E-state index contributed by atoms with van der Waals surface area (Å²) >= 11 is 7.44. The fraction of sp³-hybridized carbons (Fsp3) is 0.188. The largest absolute Gasteiger partial charge is 0.387 e. The van der Waals surface area contributed by atoms with Crippen LogP contribution >= 0.6 is 23.4 Å². The summed E-state index contributed by atoms with van der Waals surface area (Å²) in [6, 6.07) is 11.0. The summed E-state index contributed by atoms with van der Waals surface area (Å²) in [4.78, 5) is 13.1. The minimum Gasteiger partial charge on any atom is -0.387 e. The van der Waals surface area contributed by atoms with Gasteiger partial charge in [0, 0.05) is 11.4 Å². The number of thioether (sulfide) groups is 1. The van der Waals surface area contributed by atoms with Crippen molar-refractivity contribution in [3.8, 4) is 0 Å². The van der Waals surface area contributed by atoms with Crippen molar-refractivity contribution in [1.82, 2.24) is 5.32 Å². The Balaban J connectivity index is 1.97. The summed E-state index contributed by atoms with van der Waals surface area (Å²) in [5, 5.41) is 12.7. The average molecular weight is 340 g/mol. The summed E-state index contributed by atoms with van der Waals surface area (Å²) in [5.41, 5.74) is 0.885. The van der Waals surface area contributed by atoms with Gasteiger partial charge in [-0.2, -0.15) is 0 Å². The monoisotopic (exact) mass is 339 g/mol. The maximum Gasteiger partial charge on any atom is 0.252 e. The summed E-state index contributed by atoms with van der Waals surface area (Å²) in [7, 11) is 0. The van der Waals surface area contributed by atoms with Crippen LogP contribution in [0.25, 0.3) is 0 Å². The highest BCUT2D eigenvalue weighted by molar-refractivity contribution is 7.98. The van der Waals surface area contributed by atoms with Crippen molar-refractivity contribution in [1.29, 1.82) is 0 Å². The lowest BCUT2D eigenvalue weighted by molar-refractivity contribution is 0.0916. The van der Waals surface area contributed by atoms with Crippen LogP contribution in [-0.2, 0) is 0 Å². The SMILES string of the molecule is CSc1ccc([C@H](O)CNC(=O)c2ccc(F)cc2Cl)cc1. The van der Waals surface area contributed by atoms with E-state index in [4.69, 9.17) is 11.6 Å². The van der Waals surface area contributed by atoms with Crippen LogP contribution in [0, 0.1) is 5.82 Å². The van der Waals surface area contributed by atoms with Crippen molar-refractivity contribution in [3.63, 3.8) is 0 Å². The molecule has 0 aliphatic carbocycles. The van der Waals surface area contributed by atoms with E-state index in [1.807, 2.05) is 30.5 Å². The van der Waals surface area contributed by atoms with Crippen LogP contribution < -0.4 is 5.32 Å². The number of aliphatic hydroxyl groups excluding tert-OH is 1. The molecule has 0 aliphatic rings. The normalized spacial score (nSPS) is 12.0. The van der Waals surface area contributed by atoms with E-state index in [0.29, 0.717) is 5.56 Å².